The summed E-state index contributed by atoms with van der Waals surface area (Å²) in [6.45, 7) is 4.91. The van der Waals surface area contributed by atoms with Gasteiger partial charge in [0.2, 0.25) is 5.91 Å². The van der Waals surface area contributed by atoms with Gasteiger partial charge in [0.05, 0.1) is 18.7 Å². The number of hydrogen-bond acceptors (Lipinski definition) is 4. The van der Waals surface area contributed by atoms with Gasteiger partial charge >= 0.3 is 0 Å². The third-order valence-corrected chi connectivity index (χ3v) is 2.70. The summed E-state index contributed by atoms with van der Waals surface area (Å²) in [5.41, 5.74) is 6.35. The highest BCUT2D eigenvalue weighted by Gasteiger charge is 2.17. The van der Waals surface area contributed by atoms with E-state index in [1.165, 1.54) is 11.1 Å². The van der Waals surface area contributed by atoms with Gasteiger partial charge in [-0.2, -0.15) is 0 Å². The second kappa shape index (κ2) is 8.72. The molecular weight excluding hydrogens is 268 g/mol. The fourth-order valence-corrected chi connectivity index (χ4v) is 1.71. The minimum absolute atomic E-state index is 0.0296. The maximum Gasteiger partial charge on any atom is 0.255 e. The second-order valence-electron chi connectivity index (χ2n) is 4.24. The summed E-state index contributed by atoms with van der Waals surface area (Å²) >= 11 is 0. The molecule has 0 saturated heterocycles. The molecule has 0 atom stereocenters. The number of nitrogens with zero attached hydrogens (tertiary/aromatic N) is 2. The number of aromatic nitrogens is 1. The first-order valence-electron chi connectivity index (χ1n) is 6.82. The summed E-state index contributed by atoms with van der Waals surface area (Å²) in [7, 11) is 0. The lowest BCUT2D eigenvalue weighted by molar-refractivity contribution is -0.121. The van der Waals surface area contributed by atoms with E-state index < -0.39 is 0 Å². The fourth-order valence-electron chi connectivity index (χ4n) is 1.71. The molecule has 0 fully saturated rings. The quantitative estimate of drug-likeness (QED) is 0.746. The largest absolute Gasteiger partial charge is 0.355 e. The Morgan fingerprint density at radius 1 is 1.38 bits per heavy atom. The Hall–Kier alpha value is -2.39. The molecule has 1 heterocycles. The van der Waals surface area contributed by atoms with Gasteiger partial charge in [-0.3, -0.25) is 14.6 Å². The Morgan fingerprint density at radius 3 is 2.76 bits per heavy atom. The van der Waals surface area contributed by atoms with Crippen LogP contribution in [-0.2, 0) is 4.79 Å². The van der Waals surface area contributed by atoms with Crippen LogP contribution in [0.25, 0.3) is 0 Å². The standard InChI is InChI=1S/C15H20N4O2/c1-3-18-14(20)11-19(4-2)15(21)13-8-12(6-5-7-16)9-17-10-13/h8-10H,3-4,7,11,16H2,1-2H3,(H,18,20). The number of rotatable bonds is 5. The lowest BCUT2D eigenvalue weighted by Crippen LogP contribution is -2.40. The molecule has 2 amide bonds. The number of nitrogens with two attached hydrogens (primary N) is 1. The Morgan fingerprint density at radius 2 is 2.14 bits per heavy atom. The van der Waals surface area contributed by atoms with E-state index in [1.54, 1.807) is 12.3 Å². The molecular formula is C15H20N4O2. The Kier molecular flexibility index (Phi) is 6.92. The van der Waals surface area contributed by atoms with Gasteiger partial charge in [0.1, 0.15) is 0 Å². The van der Waals surface area contributed by atoms with E-state index in [1.807, 2.05) is 13.8 Å². The van der Waals surface area contributed by atoms with Gasteiger partial charge in [-0.1, -0.05) is 11.8 Å². The van der Waals surface area contributed by atoms with E-state index >= 15 is 0 Å². The van der Waals surface area contributed by atoms with Crippen LogP contribution in [0.3, 0.4) is 0 Å². The molecule has 1 aromatic heterocycles. The highest BCUT2D eigenvalue weighted by molar-refractivity contribution is 5.96. The molecule has 1 rings (SSSR count). The Bertz CT molecular complexity index is 560. The van der Waals surface area contributed by atoms with E-state index in [-0.39, 0.29) is 24.9 Å². The zero-order chi connectivity index (χ0) is 15.7. The first-order chi connectivity index (χ1) is 10.1. The van der Waals surface area contributed by atoms with Crippen LogP contribution in [0.15, 0.2) is 18.5 Å². The normalized spacial score (nSPS) is 9.48. The topological polar surface area (TPSA) is 88.3 Å². The molecule has 3 N–H and O–H groups in total. The maximum absolute atomic E-state index is 12.4. The summed E-state index contributed by atoms with van der Waals surface area (Å²) < 4.78 is 0. The van der Waals surface area contributed by atoms with Crippen molar-refractivity contribution in [3.8, 4) is 11.8 Å². The first kappa shape index (κ1) is 16.7. The minimum atomic E-state index is -0.243. The molecule has 0 bridgehead atoms. The molecule has 0 spiro atoms. The molecule has 1 aromatic rings. The van der Waals surface area contributed by atoms with E-state index in [0.717, 1.165) is 0 Å². The highest BCUT2D eigenvalue weighted by Crippen LogP contribution is 2.06. The molecule has 0 aliphatic heterocycles. The van der Waals surface area contributed by atoms with Crippen LogP contribution >= 0.6 is 0 Å². The molecule has 0 saturated carbocycles. The average molecular weight is 288 g/mol. The van der Waals surface area contributed by atoms with Crippen LogP contribution < -0.4 is 11.1 Å². The lowest BCUT2D eigenvalue weighted by atomic mass is 10.2. The SMILES string of the molecule is CCNC(=O)CN(CC)C(=O)c1cncc(C#CCN)c1. The number of pyridine rings is 1. The number of nitrogens with one attached hydrogen (secondary N) is 1. The van der Waals surface area contributed by atoms with Crippen LogP contribution in [0.5, 0.6) is 0 Å². The van der Waals surface area contributed by atoms with Gasteiger partial charge in [-0.05, 0) is 19.9 Å². The zero-order valence-electron chi connectivity index (χ0n) is 12.3. The summed E-state index contributed by atoms with van der Waals surface area (Å²) in [6, 6.07) is 1.65. The highest BCUT2D eigenvalue weighted by atomic mass is 16.2. The summed E-state index contributed by atoms with van der Waals surface area (Å²) in [5, 5.41) is 2.67. The molecule has 6 nitrogen and oxygen atoms in total. The van der Waals surface area contributed by atoms with Gasteiger partial charge in [0.25, 0.3) is 5.91 Å². The van der Waals surface area contributed by atoms with Crippen molar-refractivity contribution in [2.24, 2.45) is 5.73 Å². The van der Waals surface area contributed by atoms with Crippen molar-refractivity contribution < 1.29 is 9.59 Å². The van der Waals surface area contributed by atoms with E-state index in [9.17, 15) is 9.59 Å². The van der Waals surface area contributed by atoms with Crippen molar-refractivity contribution in [2.45, 2.75) is 13.8 Å². The van der Waals surface area contributed by atoms with Crippen molar-refractivity contribution in [2.75, 3.05) is 26.2 Å². The van der Waals surface area contributed by atoms with Gasteiger partial charge < -0.3 is 16.0 Å². The average Bonchev–Trinajstić information content (AvgIpc) is 2.50. The molecule has 0 aliphatic rings. The monoisotopic (exact) mass is 288 g/mol. The molecule has 0 unspecified atom stereocenters. The number of amides is 2. The van der Waals surface area contributed by atoms with Gasteiger partial charge in [-0.25, -0.2) is 0 Å². The van der Waals surface area contributed by atoms with Gasteiger partial charge in [0.15, 0.2) is 0 Å². The van der Waals surface area contributed by atoms with Crippen LogP contribution in [0.1, 0.15) is 29.8 Å². The Balaban J connectivity index is 2.87. The third kappa shape index (κ3) is 5.24. The van der Waals surface area contributed by atoms with E-state index in [4.69, 9.17) is 5.73 Å². The fraction of sp³-hybridized carbons (Fsp3) is 0.400. The maximum atomic E-state index is 12.4. The lowest BCUT2D eigenvalue weighted by Gasteiger charge is -2.20. The smallest absolute Gasteiger partial charge is 0.255 e. The summed E-state index contributed by atoms with van der Waals surface area (Å²) in [6.07, 6.45) is 3.04. The van der Waals surface area contributed by atoms with Crippen molar-refractivity contribution in [1.82, 2.24) is 15.2 Å². The van der Waals surface area contributed by atoms with Crippen molar-refractivity contribution >= 4 is 11.8 Å². The van der Waals surface area contributed by atoms with Crippen LogP contribution in [0, 0.1) is 11.8 Å². The van der Waals surface area contributed by atoms with E-state index in [0.29, 0.717) is 24.2 Å². The minimum Gasteiger partial charge on any atom is -0.355 e. The number of hydrogen-bond donors (Lipinski definition) is 2. The molecule has 0 radical (unpaired) electrons. The molecule has 112 valence electrons. The molecule has 6 heteroatoms. The molecule has 21 heavy (non-hydrogen) atoms. The number of likely N-dealkylation sites (N-methyl/N-ethyl adjacent to an activating group) is 2. The van der Waals surface area contributed by atoms with Crippen LogP contribution in [0.4, 0.5) is 0 Å². The van der Waals surface area contributed by atoms with Gasteiger partial charge in [0, 0.05) is 31.0 Å². The summed E-state index contributed by atoms with van der Waals surface area (Å²) in [4.78, 5) is 29.4. The number of carbonyl (C=O) groups excluding carboxylic acids is 2. The molecule has 0 aliphatic carbocycles. The summed E-state index contributed by atoms with van der Waals surface area (Å²) in [5.74, 6) is 5.12. The molecule has 0 aromatic carbocycles. The van der Waals surface area contributed by atoms with Gasteiger partial charge in [-0.15, -0.1) is 0 Å². The first-order valence-corrected chi connectivity index (χ1v) is 6.82. The van der Waals surface area contributed by atoms with Crippen molar-refractivity contribution in [1.29, 1.82) is 0 Å². The van der Waals surface area contributed by atoms with Crippen LogP contribution in [-0.4, -0.2) is 47.9 Å². The third-order valence-electron chi connectivity index (χ3n) is 2.70. The van der Waals surface area contributed by atoms with E-state index in [2.05, 4.69) is 22.1 Å². The number of carbonyl (C=O) groups is 2. The predicted molar refractivity (Wildman–Crippen MR) is 80.4 cm³/mol. The Labute approximate surface area is 124 Å². The predicted octanol–water partition coefficient (Wildman–Crippen LogP) is -0.01000. The van der Waals surface area contributed by atoms with Crippen molar-refractivity contribution in [3.05, 3.63) is 29.6 Å². The van der Waals surface area contributed by atoms with Crippen LogP contribution in [0.2, 0.25) is 0 Å². The van der Waals surface area contributed by atoms with Crippen molar-refractivity contribution in [3.63, 3.8) is 0 Å². The zero-order valence-corrected chi connectivity index (χ0v) is 12.3. The second-order valence-corrected chi connectivity index (χ2v) is 4.24.